The van der Waals surface area contributed by atoms with Gasteiger partial charge in [-0.25, -0.2) is 22.6 Å². The van der Waals surface area contributed by atoms with Crippen LogP contribution in [0.25, 0.3) is 5.65 Å². The molecule has 0 aliphatic heterocycles. The van der Waals surface area contributed by atoms with Gasteiger partial charge in [0.05, 0.1) is 17.7 Å². The summed E-state index contributed by atoms with van der Waals surface area (Å²) in [6, 6.07) is 5.18. The Hall–Kier alpha value is -2.45. The number of aryl methyl sites for hydroxylation is 4. The number of methoxy groups -OCH3 is 1. The van der Waals surface area contributed by atoms with Gasteiger partial charge >= 0.3 is 0 Å². The number of sulfonamides is 1. The van der Waals surface area contributed by atoms with E-state index in [0.717, 1.165) is 28.0 Å². The molecule has 144 valence electrons. The zero-order valence-electron chi connectivity index (χ0n) is 16.0. The average Bonchev–Trinajstić information content (AvgIpc) is 2.97. The van der Waals surface area contributed by atoms with Crippen molar-refractivity contribution in [2.75, 3.05) is 13.7 Å². The summed E-state index contributed by atoms with van der Waals surface area (Å²) in [7, 11) is -1.97. The molecule has 0 atom stereocenters. The average molecular weight is 388 g/mol. The Kier molecular flexibility index (Phi) is 5.48. The minimum absolute atomic E-state index is 0.258. The van der Waals surface area contributed by atoms with E-state index in [0.29, 0.717) is 25.1 Å². The molecule has 7 nitrogen and oxygen atoms in total. The van der Waals surface area contributed by atoms with E-state index < -0.39 is 10.0 Å². The van der Waals surface area contributed by atoms with Crippen LogP contribution in [0.2, 0.25) is 0 Å². The molecule has 0 saturated heterocycles. The van der Waals surface area contributed by atoms with Crippen molar-refractivity contribution in [3.63, 3.8) is 0 Å². The maximum Gasteiger partial charge on any atom is 0.240 e. The van der Waals surface area contributed by atoms with E-state index in [9.17, 15) is 8.42 Å². The number of fused-ring (bicyclic) bond motifs is 1. The van der Waals surface area contributed by atoms with Crippen molar-refractivity contribution in [1.82, 2.24) is 19.3 Å². The van der Waals surface area contributed by atoms with Gasteiger partial charge in [-0.15, -0.1) is 0 Å². The smallest absolute Gasteiger partial charge is 0.240 e. The Bertz CT molecular complexity index is 1050. The molecule has 1 aromatic carbocycles. The lowest BCUT2D eigenvalue weighted by atomic mass is 10.1. The fourth-order valence-electron chi connectivity index (χ4n) is 3.13. The molecule has 0 unspecified atom stereocenters. The first kappa shape index (κ1) is 19.3. The molecule has 27 heavy (non-hydrogen) atoms. The van der Waals surface area contributed by atoms with Gasteiger partial charge < -0.3 is 4.74 Å². The van der Waals surface area contributed by atoms with Gasteiger partial charge in [0.1, 0.15) is 5.75 Å². The van der Waals surface area contributed by atoms with Crippen molar-refractivity contribution in [3.8, 4) is 5.75 Å². The lowest BCUT2D eigenvalue weighted by Crippen LogP contribution is -2.25. The van der Waals surface area contributed by atoms with Gasteiger partial charge in [-0.1, -0.05) is 0 Å². The monoisotopic (exact) mass is 388 g/mol. The maximum atomic E-state index is 12.5. The number of ether oxygens (including phenoxy) is 1. The van der Waals surface area contributed by atoms with Crippen molar-refractivity contribution in [2.45, 2.75) is 38.5 Å². The van der Waals surface area contributed by atoms with E-state index in [-0.39, 0.29) is 4.90 Å². The highest BCUT2D eigenvalue weighted by Gasteiger charge is 2.16. The van der Waals surface area contributed by atoms with Gasteiger partial charge in [0.15, 0.2) is 5.65 Å². The van der Waals surface area contributed by atoms with Crippen molar-refractivity contribution < 1.29 is 13.2 Å². The number of nitrogens with zero attached hydrogens (tertiary/aromatic N) is 3. The standard InChI is InChI=1S/C19H24N4O3S/c1-13-8-17(9-14(2)19(13)26-4)27(24,25)21-7-5-6-16-11-20-18-10-15(3)22-23(18)12-16/h8-12,21H,5-7H2,1-4H3. The SMILES string of the molecule is COc1c(C)cc(S(=O)(=O)NCCCc2cnc3cc(C)nn3c2)cc1C. The van der Waals surface area contributed by atoms with Crippen molar-refractivity contribution in [2.24, 2.45) is 0 Å². The van der Waals surface area contributed by atoms with Crippen LogP contribution in [0.5, 0.6) is 5.75 Å². The Morgan fingerprint density at radius 3 is 2.52 bits per heavy atom. The van der Waals surface area contributed by atoms with E-state index in [4.69, 9.17) is 4.74 Å². The van der Waals surface area contributed by atoms with Crippen molar-refractivity contribution in [1.29, 1.82) is 0 Å². The molecular formula is C19H24N4O3S. The third-order valence-electron chi connectivity index (χ3n) is 4.37. The van der Waals surface area contributed by atoms with Crippen molar-refractivity contribution >= 4 is 15.7 Å². The van der Waals surface area contributed by atoms with Gasteiger partial charge in [-0.2, -0.15) is 5.10 Å². The molecule has 0 bridgehead atoms. The first-order valence-electron chi connectivity index (χ1n) is 8.76. The Balaban J connectivity index is 1.61. The molecule has 0 fully saturated rings. The van der Waals surface area contributed by atoms with Gasteiger partial charge in [-0.3, -0.25) is 0 Å². The number of rotatable bonds is 7. The topological polar surface area (TPSA) is 85.6 Å². The third kappa shape index (κ3) is 4.28. The lowest BCUT2D eigenvalue weighted by molar-refractivity contribution is 0.408. The second kappa shape index (κ2) is 7.66. The van der Waals surface area contributed by atoms with E-state index in [1.165, 1.54) is 0 Å². The molecule has 0 aliphatic carbocycles. The van der Waals surface area contributed by atoms with Crippen LogP contribution in [0, 0.1) is 20.8 Å². The van der Waals surface area contributed by atoms with Crippen LogP contribution in [0.15, 0.2) is 35.5 Å². The molecule has 0 amide bonds. The number of nitrogens with one attached hydrogen (secondary N) is 1. The molecule has 0 saturated carbocycles. The molecule has 0 radical (unpaired) electrons. The molecular weight excluding hydrogens is 364 g/mol. The largest absolute Gasteiger partial charge is 0.496 e. The zero-order valence-corrected chi connectivity index (χ0v) is 16.8. The molecule has 2 heterocycles. The fourth-order valence-corrected chi connectivity index (χ4v) is 4.38. The summed E-state index contributed by atoms with van der Waals surface area (Å²) in [6.45, 7) is 5.95. The van der Waals surface area contributed by atoms with Crippen LogP contribution in [0.4, 0.5) is 0 Å². The third-order valence-corrected chi connectivity index (χ3v) is 5.81. The lowest BCUT2D eigenvalue weighted by Gasteiger charge is -2.12. The summed E-state index contributed by atoms with van der Waals surface area (Å²) in [5.41, 5.74) is 4.33. The molecule has 1 N–H and O–H groups in total. The summed E-state index contributed by atoms with van der Waals surface area (Å²) in [5.74, 6) is 0.714. The Morgan fingerprint density at radius 1 is 1.15 bits per heavy atom. The minimum atomic E-state index is -3.55. The molecule has 2 aromatic heterocycles. The normalized spacial score (nSPS) is 11.9. The molecule has 8 heteroatoms. The van der Waals surface area contributed by atoms with Crippen LogP contribution >= 0.6 is 0 Å². The van der Waals surface area contributed by atoms with Crippen LogP contribution in [0.1, 0.15) is 28.8 Å². The zero-order chi connectivity index (χ0) is 19.6. The molecule has 3 rings (SSSR count). The van der Waals surface area contributed by atoms with E-state index in [2.05, 4.69) is 14.8 Å². The highest BCUT2D eigenvalue weighted by molar-refractivity contribution is 7.89. The summed E-state index contributed by atoms with van der Waals surface area (Å²) in [5, 5.41) is 4.34. The second-order valence-corrected chi connectivity index (χ2v) is 8.41. The Labute approximate surface area is 159 Å². The van der Waals surface area contributed by atoms with E-state index in [1.54, 1.807) is 30.0 Å². The highest BCUT2D eigenvalue weighted by atomic mass is 32.2. The number of aromatic nitrogens is 3. The van der Waals surface area contributed by atoms with Crippen LogP contribution < -0.4 is 9.46 Å². The first-order valence-corrected chi connectivity index (χ1v) is 10.2. The highest BCUT2D eigenvalue weighted by Crippen LogP contribution is 2.26. The summed E-state index contributed by atoms with van der Waals surface area (Å²) in [6.07, 6.45) is 5.12. The van der Waals surface area contributed by atoms with E-state index in [1.807, 2.05) is 33.0 Å². The second-order valence-electron chi connectivity index (χ2n) is 6.64. The quantitative estimate of drug-likeness (QED) is 0.629. The summed E-state index contributed by atoms with van der Waals surface area (Å²) >= 11 is 0. The number of benzene rings is 1. The van der Waals surface area contributed by atoms with Crippen molar-refractivity contribution in [3.05, 3.63) is 53.0 Å². The molecule has 0 aliphatic rings. The molecule has 3 aromatic rings. The number of hydrogen-bond acceptors (Lipinski definition) is 5. The predicted octanol–water partition coefficient (Wildman–Crippen LogP) is 2.57. The van der Waals surface area contributed by atoms with Gasteiger partial charge in [-0.05, 0) is 62.4 Å². The van der Waals surface area contributed by atoms with Gasteiger partial charge in [0.25, 0.3) is 0 Å². The van der Waals surface area contributed by atoms with Gasteiger partial charge in [0, 0.05) is 25.0 Å². The van der Waals surface area contributed by atoms with Crippen LogP contribution in [0.3, 0.4) is 0 Å². The maximum absolute atomic E-state index is 12.5. The Morgan fingerprint density at radius 2 is 1.85 bits per heavy atom. The minimum Gasteiger partial charge on any atom is -0.496 e. The molecule has 0 spiro atoms. The van der Waals surface area contributed by atoms with Crippen LogP contribution in [-0.4, -0.2) is 36.7 Å². The van der Waals surface area contributed by atoms with E-state index >= 15 is 0 Å². The predicted molar refractivity (Wildman–Crippen MR) is 104 cm³/mol. The van der Waals surface area contributed by atoms with Crippen LogP contribution in [-0.2, 0) is 16.4 Å². The fraction of sp³-hybridized carbons (Fsp3) is 0.368. The van der Waals surface area contributed by atoms with Gasteiger partial charge in [0.2, 0.25) is 10.0 Å². The summed E-state index contributed by atoms with van der Waals surface area (Å²) < 4.78 is 34.8. The first-order chi connectivity index (χ1) is 12.8. The summed E-state index contributed by atoms with van der Waals surface area (Å²) in [4.78, 5) is 4.62. The number of hydrogen-bond donors (Lipinski definition) is 1.